The van der Waals surface area contributed by atoms with Gasteiger partial charge >= 0.3 is 0 Å². The van der Waals surface area contributed by atoms with Gasteiger partial charge in [-0.25, -0.2) is 0 Å². The lowest BCUT2D eigenvalue weighted by Gasteiger charge is -2.23. The fraction of sp³-hybridized carbons (Fsp3) is 0.467. The van der Waals surface area contributed by atoms with Crippen LogP contribution in [0.25, 0.3) is 0 Å². The van der Waals surface area contributed by atoms with E-state index in [-0.39, 0.29) is 17.7 Å². The first-order chi connectivity index (χ1) is 9.19. The van der Waals surface area contributed by atoms with Crippen LogP contribution in [0.2, 0.25) is 0 Å². The summed E-state index contributed by atoms with van der Waals surface area (Å²) >= 11 is 0. The Bertz CT molecular complexity index is 484. The van der Waals surface area contributed by atoms with E-state index in [1.54, 1.807) is 24.1 Å². The number of carbonyl (C=O) groups excluding carboxylic acids is 2. The summed E-state index contributed by atoms with van der Waals surface area (Å²) in [5, 5.41) is 0. The molecule has 1 unspecified atom stereocenters. The molecule has 1 amide bonds. The molecule has 0 aliphatic carbocycles. The van der Waals surface area contributed by atoms with Crippen molar-refractivity contribution in [2.45, 2.75) is 32.2 Å². The summed E-state index contributed by atoms with van der Waals surface area (Å²) in [7, 11) is 1.55. The van der Waals surface area contributed by atoms with Gasteiger partial charge in [0.15, 0.2) is 5.78 Å². The summed E-state index contributed by atoms with van der Waals surface area (Å²) in [6.07, 6.45) is 2.07. The zero-order chi connectivity index (χ0) is 13.8. The Hall–Kier alpha value is -1.84. The van der Waals surface area contributed by atoms with E-state index in [9.17, 15) is 9.59 Å². The van der Waals surface area contributed by atoms with Gasteiger partial charge < -0.3 is 9.64 Å². The van der Waals surface area contributed by atoms with Crippen molar-refractivity contribution < 1.29 is 14.3 Å². The van der Waals surface area contributed by atoms with Crippen molar-refractivity contribution in [2.24, 2.45) is 0 Å². The second-order valence-corrected chi connectivity index (χ2v) is 4.66. The number of ketones is 1. The first-order valence-corrected chi connectivity index (χ1v) is 6.65. The van der Waals surface area contributed by atoms with Gasteiger partial charge in [0.1, 0.15) is 5.75 Å². The summed E-state index contributed by atoms with van der Waals surface area (Å²) in [5.41, 5.74) is 0.561. The molecular formula is C15H19NO3. The largest absolute Gasteiger partial charge is 0.496 e. The Morgan fingerprint density at radius 2 is 2.11 bits per heavy atom. The predicted octanol–water partition coefficient (Wildman–Crippen LogP) is 2.28. The van der Waals surface area contributed by atoms with E-state index in [0.717, 1.165) is 12.8 Å². The van der Waals surface area contributed by atoms with Gasteiger partial charge in [-0.05, 0) is 25.0 Å². The van der Waals surface area contributed by atoms with E-state index in [1.807, 2.05) is 19.1 Å². The summed E-state index contributed by atoms with van der Waals surface area (Å²) in [4.78, 5) is 26.1. The summed E-state index contributed by atoms with van der Waals surface area (Å²) in [6.45, 7) is 2.50. The Kier molecular flexibility index (Phi) is 4.20. The first-order valence-electron chi connectivity index (χ1n) is 6.65. The number of benzene rings is 1. The number of carbonyl (C=O) groups is 2. The molecule has 1 aliphatic heterocycles. The molecule has 0 saturated carbocycles. The number of hydrogen-bond acceptors (Lipinski definition) is 3. The third kappa shape index (κ3) is 2.62. The Labute approximate surface area is 113 Å². The van der Waals surface area contributed by atoms with Crippen LogP contribution >= 0.6 is 0 Å². The third-order valence-electron chi connectivity index (χ3n) is 3.55. The molecule has 4 heteroatoms. The van der Waals surface area contributed by atoms with Crippen molar-refractivity contribution in [3.8, 4) is 5.75 Å². The van der Waals surface area contributed by atoms with Crippen molar-refractivity contribution in [1.29, 1.82) is 0 Å². The molecule has 0 bridgehead atoms. The minimum Gasteiger partial charge on any atom is -0.496 e. The van der Waals surface area contributed by atoms with E-state index >= 15 is 0 Å². The molecule has 1 saturated heterocycles. The van der Waals surface area contributed by atoms with Crippen LogP contribution in [0.15, 0.2) is 24.3 Å². The van der Waals surface area contributed by atoms with Crippen LogP contribution in [0.1, 0.15) is 36.5 Å². The van der Waals surface area contributed by atoms with E-state index < -0.39 is 0 Å². The zero-order valence-corrected chi connectivity index (χ0v) is 11.4. The average Bonchev–Trinajstić information content (AvgIpc) is 2.95. The van der Waals surface area contributed by atoms with Crippen molar-refractivity contribution >= 4 is 11.7 Å². The summed E-state index contributed by atoms with van der Waals surface area (Å²) < 4.78 is 5.22. The Morgan fingerprint density at radius 3 is 2.79 bits per heavy atom. The van der Waals surface area contributed by atoms with Gasteiger partial charge in [0.2, 0.25) is 5.91 Å². The smallest absolute Gasteiger partial charge is 0.222 e. The molecule has 1 heterocycles. The molecule has 4 nitrogen and oxygen atoms in total. The number of hydrogen-bond donors (Lipinski definition) is 0. The molecule has 0 radical (unpaired) electrons. The standard InChI is InChI=1S/C15H19NO3/c1-3-14(17)16-10-6-8-12(16)15(18)11-7-4-5-9-13(11)19-2/h4-5,7,9,12H,3,6,8,10H2,1-2H3. The molecule has 2 rings (SSSR count). The van der Waals surface area contributed by atoms with E-state index in [4.69, 9.17) is 4.74 Å². The van der Waals surface area contributed by atoms with Gasteiger partial charge in [0.05, 0.1) is 18.7 Å². The highest BCUT2D eigenvalue weighted by Gasteiger charge is 2.34. The summed E-state index contributed by atoms with van der Waals surface area (Å²) in [6, 6.07) is 6.85. The molecule has 1 aliphatic rings. The lowest BCUT2D eigenvalue weighted by Crippen LogP contribution is -2.40. The maximum atomic E-state index is 12.6. The quantitative estimate of drug-likeness (QED) is 0.781. The number of para-hydroxylation sites is 1. The first kappa shape index (κ1) is 13.6. The maximum absolute atomic E-state index is 12.6. The molecule has 1 fully saturated rings. The van der Waals surface area contributed by atoms with Gasteiger partial charge in [0.25, 0.3) is 0 Å². The second kappa shape index (κ2) is 5.87. The number of rotatable bonds is 4. The van der Waals surface area contributed by atoms with Crippen LogP contribution in [0.3, 0.4) is 0 Å². The molecule has 19 heavy (non-hydrogen) atoms. The van der Waals surface area contributed by atoms with Crippen molar-refractivity contribution in [1.82, 2.24) is 4.90 Å². The number of likely N-dealkylation sites (tertiary alicyclic amines) is 1. The zero-order valence-electron chi connectivity index (χ0n) is 11.4. The lowest BCUT2D eigenvalue weighted by atomic mass is 10.0. The molecule has 1 atom stereocenters. The minimum absolute atomic E-state index is 0.0169. The van der Waals surface area contributed by atoms with Crippen LogP contribution in [0.4, 0.5) is 0 Å². The predicted molar refractivity (Wildman–Crippen MR) is 72.4 cm³/mol. The monoisotopic (exact) mass is 261 g/mol. The SMILES string of the molecule is CCC(=O)N1CCCC1C(=O)c1ccccc1OC. The maximum Gasteiger partial charge on any atom is 0.222 e. The van der Waals surface area contributed by atoms with Gasteiger partial charge in [-0.2, -0.15) is 0 Å². The van der Waals surface area contributed by atoms with Crippen molar-refractivity contribution in [2.75, 3.05) is 13.7 Å². The van der Waals surface area contributed by atoms with E-state index in [2.05, 4.69) is 0 Å². The Morgan fingerprint density at radius 1 is 1.37 bits per heavy atom. The highest BCUT2D eigenvalue weighted by Crippen LogP contribution is 2.26. The molecule has 0 N–H and O–H groups in total. The molecule has 102 valence electrons. The van der Waals surface area contributed by atoms with Crippen LogP contribution in [-0.4, -0.2) is 36.3 Å². The molecular weight excluding hydrogens is 242 g/mol. The van der Waals surface area contributed by atoms with Crippen LogP contribution in [-0.2, 0) is 4.79 Å². The topological polar surface area (TPSA) is 46.6 Å². The molecule has 1 aromatic rings. The van der Waals surface area contributed by atoms with Crippen LogP contribution in [0.5, 0.6) is 5.75 Å². The number of nitrogens with zero attached hydrogens (tertiary/aromatic N) is 1. The Balaban J connectivity index is 2.26. The molecule has 0 aromatic heterocycles. The lowest BCUT2D eigenvalue weighted by molar-refractivity contribution is -0.131. The van der Waals surface area contributed by atoms with Gasteiger partial charge in [-0.15, -0.1) is 0 Å². The average molecular weight is 261 g/mol. The fourth-order valence-corrected chi connectivity index (χ4v) is 2.57. The highest BCUT2D eigenvalue weighted by molar-refractivity contribution is 6.04. The summed E-state index contributed by atoms with van der Waals surface area (Å²) in [5.74, 6) is 0.603. The second-order valence-electron chi connectivity index (χ2n) is 4.66. The third-order valence-corrected chi connectivity index (χ3v) is 3.55. The molecule has 1 aromatic carbocycles. The highest BCUT2D eigenvalue weighted by atomic mass is 16.5. The fourth-order valence-electron chi connectivity index (χ4n) is 2.57. The van der Waals surface area contributed by atoms with Crippen LogP contribution in [0, 0.1) is 0 Å². The van der Waals surface area contributed by atoms with Crippen molar-refractivity contribution in [3.63, 3.8) is 0 Å². The normalized spacial score (nSPS) is 18.4. The number of Topliss-reactive ketones (excluding diaryl/α,β-unsaturated/α-hetero) is 1. The van der Waals surface area contributed by atoms with E-state index in [0.29, 0.717) is 24.3 Å². The van der Waals surface area contributed by atoms with Crippen LogP contribution < -0.4 is 4.74 Å². The van der Waals surface area contributed by atoms with Gasteiger partial charge in [0, 0.05) is 13.0 Å². The number of methoxy groups -OCH3 is 1. The van der Waals surface area contributed by atoms with Gasteiger partial charge in [-0.3, -0.25) is 9.59 Å². The van der Waals surface area contributed by atoms with Crippen molar-refractivity contribution in [3.05, 3.63) is 29.8 Å². The molecule has 0 spiro atoms. The number of amides is 1. The minimum atomic E-state index is -0.330. The number of ether oxygens (including phenoxy) is 1. The van der Waals surface area contributed by atoms with Gasteiger partial charge in [-0.1, -0.05) is 19.1 Å². The van der Waals surface area contributed by atoms with E-state index in [1.165, 1.54) is 0 Å².